The molecule has 1 nitrogen and oxygen atoms in total. The van der Waals surface area contributed by atoms with Crippen LogP contribution < -0.4 is 0 Å². The Balaban J connectivity index is 7.06. The maximum Gasteiger partial charge on any atom is 0.460 e. The molecule has 0 unspecified atom stereocenters. The fourth-order valence-corrected chi connectivity index (χ4v) is 2.38. The van der Waals surface area contributed by atoms with Gasteiger partial charge in [0.15, 0.2) is 0 Å². The van der Waals surface area contributed by atoms with Crippen molar-refractivity contribution in [1.29, 1.82) is 0 Å². The van der Waals surface area contributed by atoms with Crippen molar-refractivity contribution in [3.8, 4) is 0 Å². The molecule has 0 heterocycles. The molecule has 24 heteroatoms. The quantitative estimate of drug-likeness (QED) is 0.145. The van der Waals surface area contributed by atoms with E-state index in [4.69, 9.17) is 0 Å². The van der Waals surface area contributed by atoms with E-state index in [-0.39, 0.29) is 0 Å². The zero-order valence-electron chi connectivity index (χ0n) is 17.7. The summed E-state index contributed by atoms with van der Waals surface area (Å²) in [7, 11) is 0.645. The molecule has 0 aromatic carbocycles. The van der Waals surface area contributed by atoms with Gasteiger partial charge in [-0.2, -0.15) is 101 Å². The molecule has 0 aromatic rings. The predicted molar refractivity (Wildman–Crippen MR) is 76.6 cm³/mol. The first kappa shape index (κ1) is 37.4. The van der Waals surface area contributed by atoms with Crippen LogP contribution in [-0.2, 0) is 4.74 Å². The Morgan fingerprint density at radius 3 is 0.821 bits per heavy atom. The molecule has 0 amide bonds. The van der Waals surface area contributed by atoms with Crippen LogP contribution in [0.3, 0.4) is 0 Å². The van der Waals surface area contributed by atoms with Crippen LogP contribution in [0.1, 0.15) is 12.8 Å². The summed E-state index contributed by atoms with van der Waals surface area (Å²) in [6.45, 7) is -1.07. The van der Waals surface area contributed by atoms with E-state index in [9.17, 15) is 101 Å². The van der Waals surface area contributed by atoms with E-state index < -0.39 is 84.9 Å². The molecule has 0 aliphatic carbocycles. The molecule has 0 fully saturated rings. The summed E-state index contributed by atoms with van der Waals surface area (Å²) < 4.78 is 308. The summed E-state index contributed by atoms with van der Waals surface area (Å²) in [5.74, 6) is -87.1. The number of hydrogen-bond donors (Lipinski definition) is 0. The highest BCUT2D eigenvalue weighted by molar-refractivity contribution is 5.18. The predicted octanol–water partition coefficient (Wildman–Crippen LogP) is 8.33. The summed E-state index contributed by atoms with van der Waals surface area (Å²) in [4.78, 5) is 0. The van der Waals surface area contributed by atoms with Crippen LogP contribution >= 0.6 is 0 Å². The zero-order chi connectivity index (χ0) is 32.3. The lowest BCUT2D eigenvalue weighted by molar-refractivity contribution is -0.478. The van der Waals surface area contributed by atoms with Crippen LogP contribution in [0.25, 0.3) is 0 Å². The van der Waals surface area contributed by atoms with Crippen LogP contribution in [0.5, 0.6) is 0 Å². The lowest BCUT2D eigenvalue weighted by Gasteiger charge is -2.45. The summed E-state index contributed by atoms with van der Waals surface area (Å²) in [5, 5.41) is 0. The first-order chi connectivity index (χ1) is 16.6. The maximum absolute atomic E-state index is 13.6. The Bertz CT molecular complexity index is 852. The monoisotopic (exact) mass is 642 g/mol. The third-order valence-electron chi connectivity index (χ3n) is 4.81. The zero-order valence-corrected chi connectivity index (χ0v) is 17.7. The molecular formula is C15H9F23O. The van der Waals surface area contributed by atoms with Gasteiger partial charge in [0.2, 0.25) is 0 Å². The van der Waals surface area contributed by atoms with E-state index in [2.05, 4.69) is 4.74 Å². The highest BCUT2D eigenvalue weighted by Gasteiger charge is 2.98. The highest BCUT2D eigenvalue weighted by atomic mass is 19.4. The minimum Gasteiger partial charge on any atom is -0.385 e. The molecule has 0 aliphatic rings. The minimum atomic E-state index is -9.37. The number of ether oxygens (including phenoxy) is 1. The molecule has 0 bridgehead atoms. The third kappa shape index (κ3) is 4.82. The van der Waals surface area contributed by atoms with Crippen molar-refractivity contribution in [1.82, 2.24) is 0 Å². The van der Waals surface area contributed by atoms with E-state index in [0.717, 1.165) is 0 Å². The summed E-state index contributed by atoms with van der Waals surface area (Å²) in [5.41, 5.74) is 0. The smallest absolute Gasteiger partial charge is 0.385 e. The van der Waals surface area contributed by atoms with Crippen LogP contribution in [-0.4, -0.2) is 79.1 Å². The van der Waals surface area contributed by atoms with Crippen molar-refractivity contribution in [3.63, 3.8) is 0 Å². The molecule has 236 valence electrons. The second-order valence-electron chi connectivity index (χ2n) is 7.47. The molecule has 0 aromatic heterocycles. The van der Waals surface area contributed by atoms with Gasteiger partial charge < -0.3 is 4.74 Å². The fourth-order valence-electron chi connectivity index (χ4n) is 2.38. The lowest BCUT2D eigenvalue weighted by atomic mass is 9.85. The van der Waals surface area contributed by atoms with Gasteiger partial charge in [0.25, 0.3) is 0 Å². The summed E-state index contributed by atoms with van der Waals surface area (Å²) in [6, 6.07) is 0. The molecule has 0 spiro atoms. The van der Waals surface area contributed by atoms with Gasteiger partial charge in [-0.05, 0) is 6.42 Å². The summed E-state index contributed by atoms with van der Waals surface area (Å²) >= 11 is 0. The van der Waals surface area contributed by atoms with Crippen molar-refractivity contribution < 1.29 is 106 Å². The van der Waals surface area contributed by atoms with Gasteiger partial charge in [0.05, 0.1) is 0 Å². The highest BCUT2D eigenvalue weighted by Crippen LogP contribution is 2.67. The second-order valence-corrected chi connectivity index (χ2v) is 7.47. The van der Waals surface area contributed by atoms with Gasteiger partial charge in [-0.1, -0.05) is 0 Å². The largest absolute Gasteiger partial charge is 0.460 e. The Morgan fingerprint density at radius 2 is 0.590 bits per heavy atom. The van der Waals surface area contributed by atoms with Crippen LogP contribution in [0.4, 0.5) is 101 Å². The maximum atomic E-state index is 13.6. The second kappa shape index (κ2) is 9.72. The molecular weight excluding hydrogens is 633 g/mol. The SMILES string of the molecule is COCCCC(F)(F)C(F)(F)C(F)(F)C(F)(F)C(F)(F)C(F)(F)C(F)(F)C(F)(F)C(F)(F)C(F)(F)C(F)(F)F. The van der Waals surface area contributed by atoms with E-state index >= 15 is 0 Å². The normalized spacial score (nSPS) is 16.6. The van der Waals surface area contributed by atoms with Crippen molar-refractivity contribution >= 4 is 0 Å². The summed E-state index contributed by atoms with van der Waals surface area (Å²) in [6.07, 6.45) is -12.3. The lowest BCUT2D eigenvalue weighted by Crippen LogP contribution is -2.77. The molecule has 0 N–H and O–H groups in total. The topological polar surface area (TPSA) is 9.23 Å². The van der Waals surface area contributed by atoms with Gasteiger partial charge in [-0.15, -0.1) is 0 Å². The Labute approximate surface area is 199 Å². The van der Waals surface area contributed by atoms with Gasteiger partial charge in [0.1, 0.15) is 0 Å². The Hall–Kier alpha value is -1.65. The third-order valence-corrected chi connectivity index (χ3v) is 4.81. The van der Waals surface area contributed by atoms with E-state index in [0.29, 0.717) is 7.11 Å². The molecule has 0 saturated heterocycles. The van der Waals surface area contributed by atoms with Crippen LogP contribution in [0.15, 0.2) is 0 Å². The molecule has 0 rings (SSSR count). The number of methoxy groups -OCH3 is 1. The van der Waals surface area contributed by atoms with E-state index in [1.807, 2.05) is 0 Å². The number of hydrogen-bond acceptors (Lipinski definition) is 1. The first-order valence-corrected chi connectivity index (χ1v) is 8.90. The van der Waals surface area contributed by atoms with Crippen LogP contribution in [0, 0.1) is 0 Å². The van der Waals surface area contributed by atoms with Crippen molar-refractivity contribution in [2.45, 2.75) is 78.2 Å². The number of alkyl halides is 23. The van der Waals surface area contributed by atoms with E-state index in [1.165, 1.54) is 0 Å². The molecule has 0 radical (unpaired) electrons. The van der Waals surface area contributed by atoms with Gasteiger partial charge >= 0.3 is 65.4 Å². The van der Waals surface area contributed by atoms with Crippen molar-refractivity contribution in [2.24, 2.45) is 0 Å². The Morgan fingerprint density at radius 1 is 0.359 bits per heavy atom. The molecule has 0 atom stereocenters. The average Bonchev–Trinajstić information content (AvgIpc) is 2.71. The van der Waals surface area contributed by atoms with Gasteiger partial charge in [-0.25, -0.2) is 0 Å². The standard InChI is InChI=1S/C15H9F23O/c1-39-4-2-3-5(16,17)6(18,19)7(20,21)8(22,23)9(24,25)10(26,27)11(28,29)12(30,31)13(32,33)14(34,35)15(36,37)38/h2-4H2,1H3. The Kier molecular flexibility index (Phi) is 9.31. The van der Waals surface area contributed by atoms with Gasteiger partial charge in [-0.3, -0.25) is 0 Å². The molecule has 0 saturated carbocycles. The number of rotatable bonds is 13. The average molecular weight is 642 g/mol. The first-order valence-electron chi connectivity index (χ1n) is 8.90. The van der Waals surface area contributed by atoms with Crippen molar-refractivity contribution in [3.05, 3.63) is 0 Å². The molecule has 0 aliphatic heterocycles. The van der Waals surface area contributed by atoms with Crippen molar-refractivity contribution in [2.75, 3.05) is 13.7 Å². The van der Waals surface area contributed by atoms with E-state index in [1.54, 1.807) is 0 Å². The minimum absolute atomic E-state index is 0.645. The number of halogens is 23. The van der Waals surface area contributed by atoms with Gasteiger partial charge in [0, 0.05) is 20.1 Å². The van der Waals surface area contributed by atoms with Crippen LogP contribution in [0.2, 0.25) is 0 Å². The fraction of sp³-hybridized carbons (Fsp3) is 1.00. The molecule has 39 heavy (non-hydrogen) atoms.